The molecular weight excluding hydrogens is 703 g/mol. The second kappa shape index (κ2) is 14.1. The van der Waals surface area contributed by atoms with Crippen LogP contribution in [0.5, 0.6) is 0 Å². The van der Waals surface area contributed by atoms with Gasteiger partial charge in [-0.15, -0.1) is 0 Å². The number of pyridine rings is 1. The van der Waals surface area contributed by atoms with E-state index in [2.05, 4.69) is 188 Å². The van der Waals surface area contributed by atoms with Gasteiger partial charge in [0.05, 0.1) is 17.1 Å². The SMILES string of the molecule is c1ccc(-c2cc(-c3ccc4c5ccccc5c5ccccc5c5ccccc5c5ccccc5c4c3)nc(-c3ccc(-c4cccc5ccccc45)cc3)n2)nc1. The van der Waals surface area contributed by atoms with Gasteiger partial charge >= 0.3 is 0 Å². The Morgan fingerprint density at radius 1 is 0.259 bits per heavy atom. The first-order valence-electron chi connectivity index (χ1n) is 19.7. The molecule has 0 aliphatic rings. The van der Waals surface area contributed by atoms with E-state index in [0.29, 0.717) is 5.82 Å². The lowest BCUT2D eigenvalue weighted by Crippen LogP contribution is -1.97. The highest BCUT2D eigenvalue weighted by Gasteiger charge is 2.15. The summed E-state index contributed by atoms with van der Waals surface area (Å²) >= 11 is 0. The van der Waals surface area contributed by atoms with Gasteiger partial charge in [-0.3, -0.25) is 4.98 Å². The first kappa shape index (κ1) is 33.6. The van der Waals surface area contributed by atoms with Crippen LogP contribution in [-0.2, 0) is 0 Å². The predicted molar refractivity (Wildman–Crippen MR) is 244 cm³/mol. The Kier molecular flexibility index (Phi) is 8.15. The van der Waals surface area contributed by atoms with E-state index in [9.17, 15) is 0 Å². The first-order valence-corrected chi connectivity index (χ1v) is 19.7. The highest BCUT2D eigenvalue weighted by atomic mass is 14.9. The molecule has 2 heterocycles. The van der Waals surface area contributed by atoms with Crippen molar-refractivity contribution in [2.75, 3.05) is 0 Å². The van der Waals surface area contributed by atoms with E-state index in [4.69, 9.17) is 15.0 Å². The van der Waals surface area contributed by atoms with Crippen molar-refractivity contribution in [3.8, 4) is 45.2 Å². The highest BCUT2D eigenvalue weighted by molar-refractivity contribution is 6.26. The molecule has 0 fully saturated rings. The summed E-state index contributed by atoms with van der Waals surface area (Å²) in [6, 6.07) is 73.6. The lowest BCUT2D eigenvalue weighted by molar-refractivity contribution is 1.16. The summed E-state index contributed by atoms with van der Waals surface area (Å²) < 4.78 is 0. The molecule has 0 atom stereocenters. The summed E-state index contributed by atoms with van der Waals surface area (Å²) in [6.07, 6.45) is 1.82. The van der Waals surface area contributed by atoms with Crippen LogP contribution in [-0.4, -0.2) is 15.0 Å². The quantitative estimate of drug-likeness (QED) is 0.181. The maximum absolute atomic E-state index is 5.30. The molecule has 0 radical (unpaired) electrons. The molecule has 0 saturated heterocycles. The molecule has 2 aromatic heterocycles. The van der Waals surface area contributed by atoms with Crippen LogP contribution in [0, 0.1) is 0 Å². The molecule has 11 rings (SSSR count). The molecule has 0 saturated carbocycles. The Bertz CT molecular complexity index is 3360. The van der Waals surface area contributed by atoms with Gasteiger partial charge in [0.25, 0.3) is 0 Å². The van der Waals surface area contributed by atoms with Gasteiger partial charge < -0.3 is 0 Å². The smallest absolute Gasteiger partial charge is 0.160 e. The van der Waals surface area contributed by atoms with Crippen LogP contribution in [0.15, 0.2) is 212 Å². The normalized spacial score (nSPS) is 11.4. The Morgan fingerprint density at radius 2 is 0.707 bits per heavy atom. The fourth-order valence-corrected chi connectivity index (χ4v) is 8.62. The standard InChI is InChI=1S/C55H35N3/c1-2-16-40-36(14-1)15-13-25-41(40)37-27-29-38(30-28-37)55-57-53(35-54(58-55)52-26-11-12-33-56-52)39-31-32-50-48-23-8-7-21-46(48)44-19-4-3-17-42(44)43-18-5-6-20-45(43)47-22-9-10-24-49(47)51(50)34-39/h1-35H. The van der Waals surface area contributed by atoms with Crippen molar-refractivity contribution in [1.29, 1.82) is 0 Å². The monoisotopic (exact) mass is 737 g/mol. The summed E-state index contributed by atoms with van der Waals surface area (Å²) in [7, 11) is 0. The highest BCUT2D eigenvalue weighted by Crippen LogP contribution is 2.38. The van der Waals surface area contributed by atoms with Gasteiger partial charge in [0.2, 0.25) is 0 Å². The molecule has 0 amide bonds. The van der Waals surface area contributed by atoms with Crippen LogP contribution >= 0.6 is 0 Å². The van der Waals surface area contributed by atoms with Gasteiger partial charge in [0.1, 0.15) is 0 Å². The number of fused-ring (bicyclic) bond motifs is 11. The van der Waals surface area contributed by atoms with Gasteiger partial charge in [-0.1, -0.05) is 182 Å². The minimum atomic E-state index is 0.652. The van der Waals surface area contributed by atoms with Crippen molar-refractivity contribution < 1.29 is 0 Å². The van der Waals surface area contributed by atoms with Crippen molar-refractivity contribution in [3.63, 3.8) is 0 Å². The molecule has 58 heavy (non-hydrogen) atoms. The zero-order valence-corrected chi connectivity index (χ0v) is 31.5. The molecular formula is C55H35N3. The van der Waals surface area contributed by atoms with Crippen LogP contribution in [0.1, 0.15) is 0 Å². The summed E-state index contributed by atoms with van der Waals surface area (Å²) in [6.45, 7) is 0. The molecule has 0 bridgehead atoms. The van der Waals surface area contributed by atoms with E-state index in [-0.39, 0.29) is 0 Å². The van der Waals surface area contributed by atoms with Crippen LogP contribution in [0.2, 0.25) is 0 Å². The van der Waals surface area contributed by atoms with Crippen molar-refractivity contribution in [2.24, 2.45) is 0 Å². The van der Waals surface area contributed by atoms with Crippen molar-refractivity contribution in [1.82, 2.24) is 15.0 Å². The molecule has 0 aliphatic carbocycles. The number of aromatic nitrogens is 3. The zero-order chi connectivity index (χ0) is 38.4. The van der Waals surface area contributed by atoms with Gasteiger partial charge in [0, 0.05) is 17.3 Å². The molecule has 3 heteroatoms. The van der Waals surface area contributed by atoms with E-state index in [1.165, 1.54) is 64.8 Å². The Hall–Kier alpha value is -7.75. The lowest BCUT2D eigenvalue weighted by atomic mass is 9.93. The topological polar surface area (TPSA) is 38.7 Å². The van der Waals surface area contributed by atoms with E-state index < -0.39 is 0 Å². The van der Waals surface area contributed by atoms with Crippen molar-refractivity contribution >= 4 is 64.6 Å². The molecule has 0 N–H and O–H groups in total. The second-order valence-corrected chi connectivity index (χ2v) is 14.7. The summed E-state index contributed by atoms with van der Waals surface area (Å²) in [4.78, 5) is 15.1. The molecule has 0 spiro atoms. The third-order valence-electron chi connectivity index (χ3n) is 11.4. The van der Waals surface area contributed by atoms with Crippen molar-refractivity contribution in [2.45, 2.75) is 0 Å². The number of rotatable bonds is 4. The average molecular weight is 738 g/mol. The summed E-state index contributed by atoms with van der Waals surface area (Å²) in [5, 5.41) is 14.4. The lowest BCUT2D eigenvalue weighted by Gasteiger charge is -2.12. The number of benzene rings is 8. The average Bonchev–Trinajstić information content (AvgIpc) is 3.31. The fourth-order valence-electron chi connectivity index (χ4n) is 8.62. The first-order chi connectivity index (χ1) is 28.8. The maximum atomic E-state index is 5.30. The minimum Gasteiger partial charge on any atom is -0.255 e. The van der Waals surface area contributed by atoms with Gasteiger partial charge in [-0.05, 0) is 100 Å². The molecule has 9 aromatic carbocycles. The number of hydrogen-bond donors (Lipinski definition) is 0. The molecule has 0 aliphatic heterocycles. The van der Waals surface area contributed by atoms with E-state index in [1.807, 2.05) is 24.4 Å². The predicted octanol–water partition coefficient (Wildman–Crippen LogP) is 14.6. The Balaban J connectivity index is 1.17. The zero-order valence-electron chi connectivity index (χ0n) is 31.5. The maximum Gasteiger partial charge on any atom is 0.160 e. The van der Waals surface area contributed by atoms with Gasteiger partial charge in [-0.2, -0.15) is 0 Å². The van der Waals surface area contributed by atoms with Gasteiger partial charge in [0.15, 0.2) is 5.82 Å². The fraction of sp³-hybridized carbons (Fsp3) is 0. The third-order valence-corrected chi connectivity index (χ3v) is 11.4. The molecule has 3 nitrogen and oxygen atoms in total. The van der Waals surface area contributed by atoms with E-state index >= 15 is 0 Å². The molecule has 270 valence electrons. The largest absolute Gasteiger partial charge is 0.255 e. The second-order valence-electron chi connectivity index (χ2n) is 14.7. The molecule has 11 aromatic rings. The van der Waals surface area contributed by atoms with Crippen LogP contribution in [0.25, 0.3) is 110 Å². The van der Waals surface area contributed by atoms with E-state index in [1.54, 1.807) is 0 Å². The number of nitrogens with zero attached hydrogens (tertiary/aromatic N) is 3. The van der Waals surface area contributed by atoms with E-state index in [0.717, 1.165) is 39.2 Å². The Morgan fingerprint density at radius 3 is 1.28 bits per heavy atom. The third kappa shape index (κ3) is 5.80. The Labute approximate surface area is 335 Å². The summed E-state index contributed by atoms with van der Waals surface area (Å²) in [5.74, 6) is 0.652. The van der Waals surface area contributed by atoms with Crippen LogP contribution < -0.4 is 0 Å². The number of hydrogen-bond acceptors (Lipinski definition) is 3. The van der Waals surface area contributed by atoms with Crippen LogP contribution in [0.3, 0.4) is 0 Å². The minimum absolute atomic E-state index is 0.652. The van der Waals surface area contributed by atoms with Gasteiger partial charge in [-0.25, -0.2) is 9.97 Å². The van der Waals surface area contributed by atoms with Crippen molar-refractivity contribution in [3.05, 3.63) is 212 Å². The van der Waals surface area contributed by atoms with Crippen LogP contribution in [0.4, 0.5) is 0 Å². The summed E-state index contributed by atoms with van der Waals surface area (Å²) in [5.41, 5.74) is 6.71. The molecule has 0 unspecified atom stereocenters.